The lowest BCUT2D eigenvalue weighted by Gasteiger charge is -2.15. The maximum Gasteiger partial charge on any atom is 0.271 e. The summed E-state index contributed by atoms with van der Waals surface area (Å²) in [6.07, 6.45) is 5.45. The van der Waals surface area contributed by atoms with Crippen LogP contribution < -0.4 is 5.32 Å². The van der Waals surface area contributed by atoms with Gasteiger partial charge >= 0.3 is 0 Å². The van der Waals surface area contributed by atoms with E-state index in [1.807, 2.05) is 28.7 Å². The molecule has 10 heteroatoms. The fraction of sp³-hybridized carbons (Fsp3) is 0.500. The largest absolute Gasteiger partial charge is 0.345 e. The van der Waals surface area contributed by atoms with Crippen LogP contribution in [0.4, 0.5) is 0 Å². The lowest BCUT2D eigenvalue weighted by atomic mass is 10.0. The molecule has 6 nitrogen and oxygen atoms in total. The predicted molar refractivity (Wildman–Crippen MR) is 137 cm³/mol. The summed E-state index contributed by atoms with van der Waals surface area (Å²) in [7, 11) is 0. The van der Waals surface area contributed by atoms with Gasteiger partial charge in [0.1, 0.15) is 16.1 Å². The fourth-order valence-electron chi connectivity index (χ4n) is 3.46. The average Bonchev–Trinajstić information content (AvgIpc) is 3.51. The number of carbonyl (C=O) groups is 1. The molecule has 2 unspecified atom stereocenters. The molecule has 3 aromatic heterocycles. The number of hydrogen-bond donors (Lipinski definition) is 1. The molecule has 0 saturated heterocycles. The van der Waals surface area contributed by atoms with Crippen LogP contribution in [0.1, 0.15) is 59.9 Å². The van der Waals surface area contributed by atoms with Gasteiger partial charge < -0.3 is 5.32 Å². The molecule has 3 aromatic rings. The normalized spacial score (nSPS) is 18.5. The van der Waals surface area contributed by atoms with Crippen LogP contribution in [0.3, 0.4) is 0 Å². The molecular weight excluding hydrogens is 479 g/mol. The van der Waals surface area contributed by atoms with Crippen molar-refractivity contribution in [3.63, 3.8) is 0 Å². The predicted octanol–water partition coefficient (Wildman–Crippen LogP) is 5.95. The van der Waals surface area contributed by atoms with Crippen LogP contribution in [0.5, 0.6) is 0 Å². The minimum atomic E-state index is -0.131. The van der Waals surface area contributed by atoms with Crippen LogP contribution in [-0.4, -0.2) is 38.4 Å². The molecule has 0 fully saturated rings. The summed E-state index contributed by atoms with van der Waals surface area (Å²) in [6, 6.07) is 0. The van der Waals surface area contributed by atoms with Gasteiger partial charge in [-0.2, -0.15) is 0 Å². The Balaban J connectivity index is 1.51. The topological polar surface area (TPSA) is 80.1 Å². The molecular formula is C22H27N5OS4. The number of amides is 1. The summed E-state index contributed by atoms with van der Waals surface area (Å²) in [5.41, 5.74) is 1.56. The first-order chi connectivity index (χ1) is 15.4. The van der Waals surface area contributed by atoms with Gasteiger partial charge in [-0.05, 0) is 24.7 Å². The van der Waals surface area contributed by atoms with Crippen molar-refractivity contribution < 1.29 is 4.79 Å². The Morgan fingerprint density at radius 2 is 1.84 bits per heavy atom. The SMILES string of the molecule is CC(C)Cc1sc(-c2nccs2)nc1C(=O)NCC1=NC(c2nccs2)SC1CC(C)C. The van der Waals surface area contributed by atoms with Crippen LogP contribution in [0.15, 0.2) is 28.1 Å². The van der Waals surface area contributed by atoms with Crippen LogP contribution in [0, 0.1) is 11.8 Å². The van der Waals surface area contributed by atoms with E-state index < -0.39 is 0 Å². The second kappa shape index (κ2) is 10.5. The van der Waals surface area contributed by atoms with Gasteiger partial charge in [-0.25, -0.2) is 15.0 Å². The molecule has 4 rings (SSSR count). The molecule has 1 aliphatic heterocycles. The van der Waals surface area contributed by atoms with Crippen molar-refractivity contribution in [3.05, 3.63) is 38.7 Å². The van der Waals surface area contributed by atoms with Crippen molar-refractivity contribution >= 4 is 57.4 Å². The third-order valence-electron chi connectivity index (χ3n) is 4.85. The number of hydrogen-bond acceptors (Lipinski definition) is 9. The second-order valence-electron chi connectivity index (χ2n) is 8.51. The molecule has 0 bridgehead atoms. The van der Waals surface area contributed by atoms with E-state index >= 15 is 0 Å². The van der Waals surface area contributed by atoms with Crippen molar-refractivity contribution in [2.75, 3.05) is 6.54 Å². The maximum absolute atomic E-state index is 13.2. The fourth-order valence-corrected chi connectivity index (χ4v) is 7.78. The Morgan fingerprint density at radius 1 is 1.06 bits per heavy atom. The highest BCUT2D eigenvalue weighted by Gasteiger charge is 2.32. The number of rotatable bonds is 9. The van der Waals surface area contributed by atoms with E-state index in [0.717, 1.165) is 38.5 Å². The standard InChI is InChI=1S/C22H27N5OS4/c1-12(2)9-15-14(26-21(31-15)19-23-5-7-29-19)11-25-18(28)17-16(10-13(3)4)32-22(27-17)20-24-6-8-30-20/h5-8,12-13,15,21H,9-11H2,1-4H3,(H,25,28). The Bertz CT molecular complexity index is 1060. The zero-order valence-electron chi connectivity index (χ0n) is 18.6. The van der Waals surface area contributed by atoms with E-state index in [1.165, 1.54) is 0 Å². The minimum Gasteiger partial charge on any atom is -0.345 e. The van der Waals surface area contributed by atoms with Crippen LogP contribution >= 0.6 is 45.8 Å². The summed E-state index contributed by atoms with van der Waals surface area (Å²) in [4.78, 5) is 32.6. The van der Waals surface area contributed by atoms with E-state index in [2.05, 4.69) is 48.0 Å². The van der Waals surface area contributed by atoms with Gasteiger partial charge in [-0.3, -0.25) is 9.79 Å². The summed E-state index contributed by atoms with van der Waals surface area (Å²) in [5.74, 6) is 0.866. The highest BCUT2D eigenvalue weighted by molar-refractivity contribution is 8.01. The smallest absolute Gasteiger partial charge is 0.271 e. The Hall–Kier alpha value is -1.62. The lowest BCUT2D eigenvalue weighted by Crippen LogP contribution is -2.34. The van der Waals surface area contributed by atoms with Crippen molar-refractivity contribution in [1.29, 1.82) is 0 Å². The first-order valence-corrected chi connectivity index (χ1v) is 14.2. The zero-order valence-corrected chi connectivity index (χ0v) is 21.8. The van der Waals surface area contributed by atoms with Crippen LogP contribution in [-0.2, 0) is 6.42 Å². The molecule has 0 saturated carbocycles. The molecule has 32 heavy (non-hydrogen) atoms. The van der Waals surface area contributed by atoms with Crippen LogP contribution in [0.25, 0.3) is 10.0 Å². The van der Waals surface area contributed by atoms with Crippen molar-refractivity contribution in [3.8, 4) is 10.0 Å². The van der Waals surface area contributed by atoms with Crippen LogP contribution in [0.2, 0.25) is 0 Å². The number of nitrogens with one attached hydrogen (secondary N) is 1. The van der Waals surface area contributed by atoms with Gasteiger partial charge in [0.05, 0.1) is 6.54 Å². The number of aliphatic imine (C=N–C) groups is 1. The van der Waals surface area contributed by atoms with Gasteiger partial charge in [0, 0.05) is 39.0 Å². The quantitative estimate of drug-likeness (QED) is 0.388. The summed E-state index contributed by atoms with van der Waals surface area (Å²) in [5, 5.41) is 10.0. The van der Waals surface area contributed by atoms with Gasteiger partial charge in [0.25, 0.3) is 5.91 Å². The third-order valence-corrected chi connectivity index (χ3v) is 9.20. The molecule has 0 aliphatic carbocycles. The highest BCUT2D eigenvalue weighted by Crippen LogP contribution is 2.42. The number of thioether (sulfide) groups is 1. The van der Waals surface area contributed by atoms with E-state index in [1.54, 1.807) is 40.2 Å². The summed E-state index contributed by atoms with van der Waals surface area (Å²) in [6.45, 7) is 9.20. The van der Waals surface area contributed by atoms with Gasteiger partial charge in [-0.15, -0.1) is 45.8 Å². The number of thiazole rings is 3. The van der Waals surface area contributed by atoms with Crippen molar-refractivity contribution in [2.24, 2.45) is 16.8 Å². The summed E-state index contributed by atoms with van der Waals surface area (Å²) >= 11 is 6.59. The molecule has 1 amide bonds. The van der Waals surface area contributed by atoms with E-state index in [4.69, 9.17) is 4.99 Å². The van der Waals surface area contributed by atoms with Crippen molar-refractivity contribution in [2.45, 2.75) is 51.2 Å². The third kappa shape index (κ3) is 5.65. The van der Waals surface area contributed by atoms with Gasteiger partial charge in [0.15, 0.2) is 10.0 Å². The van der Waals surface area contributed by atoms with E-state index in [-0.39, 0.29) is 11.3 Å². The lowest BCUT2D eigenvalue weighted by molar-refractivity contribution is 0.0954. The van der Waals surface area contributed by atoms with Crippen molar-refractivity contribution in [1.82, 2.24) is 20.3 Å². The first-order valence-electron chi connectivity index (χ1n) is 10.7. The monoisotopic (exact) mass is 505 g/mol. The minimum absolute atomic E-state index is 0.0259. The maximum atomic E-state index is 13.2. The number of carbonyl (C=O) groups excluding carboxylic acids is 1. The van der Waals surface area contributed by atoms with E-state index in [9.17, 15) is 4.79 Å². The molecule has 0 radical (unpaired) electrons. The molecule has 2 atom stereocenters. The molecule has 170 valence electrons. The van der Waals surface area contributed by atoms with Gasteiger partial charge in [-0.1, -0.05) is 27.7 Å². The first kappa shape index (κ1) is 23.5. The number of aromatic nitrogens is 3. The highest BCUT2D eigenvalue weighted by atomic mass is 32.2. The molecule has 1 aliphatic rings. The molecule has 1 N–H and O–H groups in total. The Morgan fingerprint density at radius 3 is 2.50 bits per heavy atom. The second-order valence-corrected chi connectivity index (χ2v) is 12.7. The van der Waals surface area contributed by atoms with Gasteiger partial charge in [0.2, 0.25) is 0 Å². The Labute approximate surface area is 205 Å². The zero-order chi connectivity index (χ0) is 22.7. The molecule has 0 aromatic carbocycles. The summed E-state index contributed by atoms with van der Waals surface area (Å²) < 4.78 is 0. The van der Waals surface area contributed by atoms with E-state index in [0.29, 0.717) is 29.3 Å². The average molecular weight is 506 g/mol. The molecule has 0 spiro atoms. The Kier molecular flexibility index (Phi) is 7.75. The number of nitrogens with zero attached hydrogens (tertiary/aromatic N) is 4. The molecule has 4 heterocycles.